The number of benzene rings is 1. The summed E-state index contributed by atoms with van der Waals surface area (Å²) < 4.78 is 16.6. The number of hydrogen-bond donors (Lipinski definition) is 1. The summed E-state index contributed by atoms with van der Waals surface area (Å²) in [5.41, 5.74) is 2.57. The van der Waals surface area contributed by atoms with Gasteiger partial charge in [0.15, 0.2) is 0 Å². The minimum Gasteiger partial charge on any atom is -0.486 e. The van der Waals surface area contributed by atoms with Gasteiger partial charge in [0.25, 0.3) is 0 Å². The first-order valence-electron chi connectivity index (χ1n) is 8.70. The smallest absolute Gasteiger partial charge is 0.486 e. The zero-order chi connectivity index (χ0) is 20.3. The highest BCUT2D eigenvalue weighted by atomic mass is 35.5. The highest BCUT2D eigenvalue weighted by molar-refractivity contribution is 6.62. The Labute approximate surface area is 168 Å². The fraction of sp³-hybridized carbons (Fsp3) is 0.316. The number of aryl methyl sites for hydroxylation is 1. The predicted octanol–water partition coefficient (Wildman–Crippen LogP) is 3.35. The van der Waals surface area contributed by atoms with Crippen LogP contribution in [0.4, 0.5) is 5.69 Å². The first-order chi connectivity index (χ1) is 13.4. The van der Waals surface area contributed by atoms with E-state index in [1.54, 1.807) is 12.1 Å². The minimum atomic E-state index is -0.932. The standard InChI is InChI=1S/C19H18BClN2O5/c1-11-7-14(8-13-10-27-20(25)17(11)13)28-18-15(21)9-16(22-3)19(23-18)26-6-4-5-12(2)24/h7-9,25H,4-6,10H2,1-2H3. The molecule has 28 heavy (non-hydrogen) atoms. The number of carbonyl (C=O) groups is 1. The topological polar surface area (TPSA) is 82.2 Å². The molecule has 0 unspecified atom stereocenters. The average molecular weight is 401 g/mol. The van der Waals surface area contributed by atoms with Gasteiger partial charge in [-0.25, -0.2) is 4.85 Å². The van der Waals surface area contributed by atoms with Crippen molar-refractivity contribution in [3.05, 3.63) is 45.8 Å². The van der Waals surface area contributed by atoms with Crippen LogP contribution in [0.2, 0.25) is 5.02 Å². The molecule has 0 fully saturated rings. The normalized spacial score (nSPS) is 12.5. The fourth-order valence-corrected chi connectivity index (χ4v) is 3.11. The van der Waals surface area contributed by atoms with Gasteiger partial charge in [-0.15, -0.1) is 0 Å². The van der Waals surface area contributed by atoms with Crippen LogP contribution in [0.25, 0.3) is 4.85 Å². The van der Waals surface area contributed by atoms with E-state index in [1.807, 2.05) is 6.92 Å². The van der Waals surface area contributed by atoms with E-state index in [2.05, 4.69) is 9.83 Å². The molecule has 0 amide bonds. The highest BCUT2D eigenvalue weighted by Crippen LogP contribution is 2.37. The molecule has 0 aliphatic carbocycles. The molecule has 1 N–H and O–H groups in total. The molecule has 2 heterocycles. The molecule has 2 aromatic rings. The molecule has 1 aromatic carbocycles. The van der Waals surface area contributed by atoms with E-state index in [0.29, 0.717) is 18.6 Å². The van der Waals surface area contributed by atoms with Gasteiger partial charge in [0.1, 0.15) is 11.5 Å². The van der Waals surface area contributed by atoms with Crippen molar-refractivity contribution < 1.29 is 23.9 Å². The third kappa shape index (κ3) is 4.45. The van der Waals surface area contributed by atoms with Crippen LogP contribution in [0.15, 0.2) is 18.2 Å². The molecule has 0 saturated heterocycles. The lowest BCUT2D eigenvalue weighted by atomic mass is 9.76. The molecule has 3 rings (SSSR count). The number of aromatic nitrogens is 1. The van der Waals surface area contributed by atoms with Crippen LogP contribution in [-0.2, 0) is 16.1 Å². The Morgan fingerprint density at radius 2 is 2.21 bits per heavy atom. The number of fused-ring (bicyclic) bond motifs is 1. The molecule has 1 aliphatic heterocycles. The van der Waals surface area contributed by atoms with E-state index in [0.717, 1.165) is 16.6 Å². The maximum absolute atomic E-state index is 11.0. The number of hydrogen-bond acceptors (Lipinski definition) is 6. The van der Waals surface area contributed by atoms with Gasteiger partial charge in [-0.1, -0.05) is 11.6 Å². The van der Waals surface area contributed by atoms with E-state index >= 15 is 0 Å². The summed E-state index contributed by atoms with van der Waals surface area (Å²) in [6, 6.07) is 4.95. The van der Waals surface area contributed by atoms with Crippen molar-refractivity contribution in [3.63, 3.8) is 0 Å². The largest absolute Gasteiger partial charge is 0.492 e. The Morgan fingerprint density at radius 3 is 2.93 bits per heavy atom. The van der Waals surface area contributed by atoms with Crippen molar-refractivity contribution in [1.82, 2.24) is 4.98 Å². The number of ether oxygens (including phenoxy) is 2. The molecule has 0 atom stereocenters. The number of halogens is 1. The molecule has 1 aliphatic rings. The zero-order valence-corrected chi connectivity index (χ0v) is 16.2. The van der Waals surface area contributed by atoms with Crippen LogP contribution in [-0.4, -0.2) is 29.5 Å². The molecule has 0 spiro atoms. The van der Waals surface area contributed by atoms with Crippen molar-refractivity contribution >= 4 is 35.7 Å². The van der Waals surface area contributed by atoms with Crippen molar-refractivity contribution in [2.24, 2.45) is 0 Å². The molecule has 0 saturated carbocycles. The van der Waals surface area contributed by atoms with Crippen LogP contribution >= 0.6 is 11.6 Å². The molecule has 1 aromatic heterocycles. The first-order valence-corrected chi connectivity index (χ1v) is 9.08. The first kappa shape index (κ1) is 20.1. The van der Waals surface area contributed by atoms with E-state index in [4.69, 9.17) is 32.3 Å². The van der Waals surface area contributed by atoms with E-state index in [1.165, 1.54) is 13.0 Å². The molecule has 7 nitrogen and oxygen atoms in total. The minimum absolute atomic E-state index is 0.0724. The van der Waals surface area contributed by atoms with E-state index in [-0.39, 0.29) is 41.5 Å². The third-order valence-electron chi connectivity index (χ3n) is 4.23. The van der Waals surface area contributed by atoms with Crippen LogP contribution in [0, 0.1) is 13.5 Å². The summed E-state index contributed by atoms with van der Waals surface area (Å²) in [7, 11) is -0.932. The second kappa shape index (κ2) is 8.61. The van der Waals surface area contributed by atoms with Crippen LogP contribution in [0.3, 0.4) is 0 Å². The molecular weight excluding hydrogens is 382 g/mol. The second-order valence-electron chi connectivity index (χ2n) is 6.44. The number of carbonyl (C=O) groups excluding carboxylic acids is 1. The number of nitrogens with zero attached hydrogens (tertiary/aromatic N) is 2. The van der Waals surface area contributed by atoms with Crippen molar-refractivity contribution in [3.8, 4) is 17.5 Å². The van der Waals surface area contributed by atoms with Crippen LogP contribution in [0.5, 0.6) is 17.5 Å². The van der Waals surface area contributed by atoms with E-state index in [9.17, 15) is 9.82 Å². The van der Waals surface area contributed by atoms with Gasteiger partial charge < -0.3 is 23.9 Å². The fourth-order valence-electron chi connectivity index (χ4n) is 2.93. The Bertz CT molecular complexity index is 960. The van der Waals surface area contributed by atoms with Gasteiger partial charge in [0, 0.05) is 6.42 Å². The maximum atomic E-state index is 11.0. The Morgan fingerprint density at radius 1 is 1.43 bits per heavy atom. The van der Waals surface area contributed by atoms with E-state index < -0.39 is 7.12 Å². The van der Waals surface area contributed by atoms with Gasteiger partial charge in [-0.05, 0) is 55.1 Å². The lowest BCUT2D eigenvalue weighted by Crippen LogP contribution is -2.30. The van der Waals surface area contributed by atoms with Crippen molar-refractivity contribution in [1.29, 1.82) is 0 Å². The average Bonchev–Trinajstić information content (AvgIpc) is 3.02. The number of ketones is 1. The molecule has 0 bridgehead atoms. The highest BCUT2D eigenvalue weighted by Gasteiger charge is 2.30. The van der Waals surface area contributed by atoms with Gasteiger partial charge in [-0.3, -0.25) is 0 Å². The number of Topliss-reactive ketones (excluding diaryl/α,β-unsaturated/α-hetero) is 1. The Kier molecular flexibility index (Phi) is 6.20. The number of rotatable bonds is 7. The number of pyridine rings is 1. The summed E-state index contributed by atoms with van der Waals surface area (Å²) in [5, 5.41) is 10.0. The lowest BCUT2D eigenvalue weighted by molar-refractivity contribution is -0.117. The lowest BCUT2D eigenvalue weighted by Gasteiger charge is -2.13. The Hall–Kier alpha value is -2.60. The van der Waals surface area contributed by atoms with Crippen LogP contribution in [0.1, 0.15) is 30.9 Å². The Balaban J connectivity index is 1.82. The zero-order valence-electron chi connectivity index (χ0n) is 15.5. The molecule has 0 radical (unpaired) electrons. The summed E-state index contributed by atoms with van der Waals surface area (Å²) in [6.45, 7) is 11.2. The quantitative estimate of drug-likeness (QED) is 0.436. The van der Waals surface area contributed by atoms with Gasteiger partial charge in [0.2, 0.25) is 17.4 Å². The van der Waals surface area contributed by atoms with Gasteiger partial charge in [-0.2, -0.15) is 4.98 Å². The van der Waals surface area contributed by atoms with Crippen molar-refractivity contribution in [2.75, 3.05) is 6.61 Å². The molecule has 9 heteroatoms. The van der Waals surface area contributed by atoms with Crippen LogP contribution < -0.4 is 14.9 Å². The monoisotopic (exact) mass is 400 g/mol. The predicted molar refractivity (Wildman–Crippen MR) is 105 cm³/mol. The summed E-state index contributed by atoms with van der Waals surface area (Å²) in [4.78, 5) is 18.6. The SMILES string of the molecule is [C-]#[N+]c1cc(Cl)c(Oc2cc(C)c3c(c2)COB3O)nc1OCCCC(C)=O. The molecular formula is C19H18BClN2O5. The maximum Gasteiger partial charge on any atom is 0.492 e. The third-order valence-corrected chi connectivity index (χ3v) is 4.50. The van der Waals surface area contributed by atoms with Crippen molar-refractivity contribution in [2.45, 2.75) is 33.3 Å². The van der Waals surface area contributed by atoms with Gasteiger partial charge >= 0.3 is 7.12 Å². The molecule has 144 valence electrons. The summed E-state index contributed by atoms with van der Waals surface area (Å²) >= 11 is 6.22. The summed E-state index contributed by atoms with van der Waals surface area (Å²) in [5.74, 6) is 0.772. The van der Waals surface area contributed by atoms with Gasteiger partial charge in [0.05, 0.1) is 24.8 Å². The summed E-state index contributed by atoms with van der Waals surface area (Å²) in [6.07, 6.45) is 0.923. The second-order valence-corrected chi connectivity index (χ2v) is 6.85.